The first-order valence-electron chi connectivity index (χ1n) is 10.6. The minimum Gasteiger partial charge on any atom is -0.392 e. The van der Waals surface area contributed by atoms with Crippen molar-refractivity contribution in [2.45, 2.75) is 64.2 Å². The van der Waals surface area contributed by atoms with Crippen LogP contribution in [0.5, 0.6) is 0 Å². The maximum Gasteiger partial charge on any atom is 0.140 e. The summed E-state index contributed by atoms with van der Waals surface area (Å²) in [5.74, 6) is 1.16. The van der Waals surface area contributed by atoms with Crippen LogP contribution in [0.4, 0.5) is 0 Å². The van der Waals surface area contributed by atoms with Crippen molar-refractivity contribution in [2.24, 2.45) is 39.9 Å². The zero-order valence-corrected chi connectivity index (χ0v) is 17.2. The summed E-state index contributed by atoms with van der Waals surface area (Å²) in [5.41, 5.74) is 0.598. The molecule has 10 unspecified atom stereocenters. The lowest BCUT2D eigenvalue weighted by molar-refractivity contribution is -0.211. The average molecular weight is 394 g/mol. The van der Waals surface area contributed by atoms with Gasteiger partial charge in [0, 0.05) is 35.8 Å². The molecule has 6 rings (SSSR count). The van der Waals surface area contributed by atoms with Crippen LogP contribution in [-0.2, 0) is 4.79 Å². The second-order valence-electron chi connectivity index (χ2n) is 10.7. The van der Waals surface area contributed by atoms with Gasteiger partial charge in [0.15, 0.2) is 0 Å². The Kier molecular flexibility index (Phi) is 3.57. The summed E-state index contributed by atoms with van der Waals surface area (Å²) in [6.45, 7) is 10.9. The molecule has 1 aliphatic heterocycles. The molecule has 0 aromatic rings. The number of likely N-dealkylation sites (tertiary alicyclic amines) is 1. The van der Waals surface area contributed by atoms with Crippen LogP contribution in [0.25, 0.3) is 0 Å². The van der Waals surface area contributed by atoms with Gasteiger partial charge < -0.3 is 10.2 Å². The Morgan fingerprint density at radius 2 is 2.04 bits per heavy atom. The molecule has 5 heteroatoms. The Balaban J connectivity index is 0.00000160. The third-order valence-electron chi connectivity index (χ3n) is 10.4. The van der Waals surface area contributed by atoms with Gasteiger partial charge in [-0.3, -0.25) is 9.69 Å². The van der Waals surface area contributed by atoms with E-state index in [0.717, 1.165) is 44.3 Å². The fraction of sp³-hybridized carbons (Fsp3) is 0.864. The molecule has 6 aliphatic rings. The highest BCUT2D eigenvalue weighted by atomic mass is 35.5. The summed E-state index contributed by atoms with van der Waals surface area (Å²) in [7, 11) is 0. The molecule has 5 saturated carbocycles. The number of piperidine rings is 1. The first-order valence-corrected chi connectivity index (χ1v) is 10.6. The monoisotopic (exact) mass is 393 g/mol. The normalized spacial score (nSPS) is 60.4. The van der Waals surface area contributed by atoms with Crippen molar-refractivity contribution in [3.05, 3.63) is 12.2 Å². The van der Waals surface area contributed by atoms with E-state index in [4.69, 9.17) is 0 Å². The molecule has 1 heterocycles. The number of carbonyl (C=O) groups is 1. The van der Waals surface area contributed by atoms with E-state index in [2.05, 4.69) is 25.3 Å². The molecule has 4 nitrogen and oxygen atoms in total. The quantitative estimate of drug-likeness (QED) is 0.672. The van der Waals surface area contributed by atoms with E-state index in [9.17, 15) is 15.0 Å². The van der Waals surface area contributed by atoms with Crippen LogP contribution >= 0.6 is 12.4 Å². The van der Waals surface area contributed by atoms with Crippen molar-refractivity contribution in [3.63, 3.8) is 0 Å². The molecule has 2 N–H and O–H groups in total. The Bertz CT molecular complexity index is 741. The molecule has 1 saturated heterocycles. The zero-order chi connectivity index (χ0) is 18.2. The molecule has 2 spiro atoms. The van der Waals surface area contributed by atoms with Crippen LogP contribution in [0.2, 0.25) is 0 Å². The lowest BCUT2D eigenvalue weighted by atomic mass is 9.43. The van der Waals surface area contributed by atoms with E-state index in [0.29, 0.717) is 24.3 Å². The molecule has 7 bridgehead atoms. The van der Waals surface area contributed by atoms with Crippen LogP contribution in [0.3, 0.4) is 0 Å². The van der Waals surface area contributed by atoms with Crippen LogP contribution in [0, 0.1) is 39.9 Å². The van der Waals surface area contributed by atoms with Gasteiger partial charge in [0.05, 0.1) is 12.2 Å². The number of ketones is 1. The summed E-state index contributed by atoms with van der Waals surface area (Å²) in [4.78, 5) is 15.6. The number of hydrogen-bond donors (Lipinski definition) is 2. The fourth-order valence-electron chi connectivity index (χ4n) is 9.75. The Morgan fingerprint density at radius 1 is 1.30 bits per heavy atom. The van der Waals surface area contributed by atoms with Crippen molar-refractivity contribution in [1.82, 2.24) is 4.90 Å². The predicted octanol–water partition coefficient (Wildman–Crippen LogP) is 2.42. The van der Waals surface area contributed by atoms with Gasteiger partial charge in [-0.2, -0.15) is 0 Å². The topological polar surface area (TPSA) is 60.8 Å². The highest BCUT2D eigenvalue weighted by Crippen LogP contribution is 2.83. The molecular formula is C22H32ClNO3. The smallest absolute Gasteiger partial charge is 0.140 e. The second kappa shape index (κ2) is 5.19. The van der Waals surface area contributed by atoms with Crippen LogP contribution < -0.4 is 0 Å². The van der Waals surface area contributed by atoms with Crippen LogP contribution in [0.1, 0.15) is 46.0 Å². The summed E-state index contributed by atoms with van der Waals surface area (Å²) in [5, 5.41) is 22.8. The fourth-order valence-corrected chi connectivity index (χ4v) is 9.75. The molecule has 10 atom stereocenters. The number of fused-ring (bicyclic) bond motifs is 1. The third-order valence-corrected chi connectivity index (χ3v) is 10.4. The number of hydrogen-bond acceptors (Lipinski definition) is 4. The van der Waals surface area contributed by atoms with Gasteiger partial charge in [0.25, 0.3) is 0 Å². The Hall–Kier alpha value is -0.420. The van der Waals surface area contributed by atoms with Gasteiger partial charge in [-0.25, -0.2) is 0 Å². The molecule has 0 aromatic carbocycles. The maximum atomic E-state index is 13.0. The van der Waals surface area contributed by atoms with E-state index < -0.39 is 6.10 Å². The lowest BCUT2D eigenvalue weighted by Gasteiger charge is -2.65. The summed E-state index contributed by atoms with van der Waals surface area (Å²) < 4.78 is 0. The molecule has 150 valence electrons. The Labute approximate surface area is 167 Å². The number of carbonyl (C=O) groups excluding carboxylic acids is 1. The molecule has 0 amide bonds. The van der Waals surface area contributed by atoms with Crippen molar-refractivity contribution in [3.8, 4) is 0 Å². The van der Waals surface area contributed by atoms with E-state index in [1.807, 2.05) is 0 Å². The maximum absolute atomic E-state index is 13.0. The third kappa shape index (κ3) is 1.62. The Morgan fingerprint density at radius 3 is 2.74 bits per heavy atom. The van der Waals surface area contributed by atoms with Crippen molar-refractivity contribution in [1.29, 1.82) is 0 Å². The molecular weight excluding hydrogens is 362 g/mol. The van der Waals surface area contributed by atoms with Crippen LogP contribution in [0.15, 0.2) is 12.2 Å². The van der Waals surface area contributed by atoms with Gasteiger partial charge in [0.2, 0.25) is 0 Å². The van der Waals surface area contributed by atoms with Gasteiger partial charge in [0.1, 0.15) is 5.78 Å². The zero-order valence-electron chi connectivity index (χ0n) is 16.4. The minimum absolute atomic E-state index is 0. The predicted molar refractivity (Wildman–Crippen MR) is 104 cm³/mol. The van der Waals surface area contributed by atoms with Crippen molar-refractivity contribution in [2.75, 3.05) is 13.1 Å². The number of Topliss-reactive ketones (excluding diaryl/α,β-unsaturated/α-hetero) is 1. The van der Waals surface area contributed by atoms with Crippen LogP contribution in [-0.4, -0.2) is 52.2 Å². The highest BCUT2D eigenvalue weighted by Gasteiger charge is 2.85. The van der Waals surface area contributed by atoms with Gasteiger partial charge in [-0.05, 0) is 61.0 Å². The standard InChI is InChI=1S/C22H31NO3.ClH/c1-4-23-10-20(3)6-5-17(25)22-15(20)7-13(18(22)23)21-9-12(11(2)19(21)26)14(24)8-16(21)22;/h12-13,15-19,25-26H,2,4-10H2,1,3H3;1H. The van der Waals surface area contributed by atoms with E-state index >= 15 is 0 Å². The van der Waals surface area contributed by atoms with Gasteiger partial charge in [-0.1, -0.05) is 20.4 Å². The van der Waals surface area contributed by atoms with Gasteiger partial charge in [-0.15, -0.1) is 12.4 Å². The number of nitrogens with zero attached hydrogens (tertiary/aromatic N) is 1. The van der Waals surface area contributed by atoms with E-state index in [1.165, 1.54) is 0 Å². The van der Waals surface area contributed by atoms with E-state index in [1.54, 1.807) is 0 Å². The minimum atomic E-state index is -0.561. The summed E-state index contributed by atoms with van der Waals surface area (Å²) in [6.07, 6.45) is 3.50. The van der Waals surface area contributed by atoms with E-state index in [-0.39, 0.29) is 52.4 Å². The van der Waals surface area contributed by atoms with Crippen molar-refractivity contribution >= 4 is 18.2 Å². The van der Waals surface area contributed by atoms with Gasteiger partial charge >= 0.3 is 0 Å². The molecule has 27 heavy (non-hydrogen) atoms. The molecule has 6 fully saturated rings. The molecule has 5 aliphatic carbocycles. The highest BCUT2D eigenvalue weighted by molar-refractivity contribution is 5.87. The lowest BCUT2D eigenvalue weighted by Crippen LogP contribution is -2.68. The number of rotatable bonds is 1. The largest absolute Gasteiger partial charge is 0.392 e. The number of halogens is 1. The second-order valence-corrected chi connectivity index (χ2v) is 10.7. The molecule has 0 aromatic heterocycles. The SMILES string of the molecule is C=C1C2CC3(C1O)C1CC4C5(C)CCC(O)C4(C1N(CC)C5)C3CC2=O.Cl. The molecule has 0 radical (unpaired) electrons. The summed E-state index contributed by atoms with van der Waals surface area (Å²) >= 11 is 0. The number of aliphatic hydroxyl groups is 2. The summed E-state index contributed by atoms with van der Waals surface area (Å²) in [6, 6.07) is 0.331. The number of aliphatic hydroxyl groups excluding tert-OH is 2. The first kappa shape index (κ1) is 18.6. The van der Waals surface area contributed by atoms with Crippen molar-refractivity contribution < 1.29 is 15.0 Å². The average Bonchev–Trinajstić information content (AvgIpc) is 3.14. The first-order chi connectivity index (χ1) is 12.3.